The summed E-state index contributed by atoms with van der Waals surface area (Å²) in [7, 11) is 1.69. The molecule has 2 aromatic heterocycles. The number of nitrogens with zero attached hydrogens (tertiary/aromatic N) is 6. The summed E-state index contributed by atoms with van der Waals surface area (Å²) in [6.07, 6.45) is 6.91. The molecule has 2 amide bonds. The second-order valence-electron chi connectivity index (χ2n) is 9.14. The van der Waals surface area contributed by atoms with Gasteiger partial charge in [0.25, 0.3) is 5.91 Å². The summed E-state index contributed by atoms with van der Waals surface area (Å²) in [5.74, 6) is 0.748. The van der Waals surface area contributed by atoms with Crippen molar-refractivity contribution < 1.29 is 19.1 Å². The van der Waals surface area contributed by atoms with Gasteiger partial charge in [0, 0.05) is 26.7 Å². The highest BCUT2D eigenvalue weighted by atomic mass is 16.5. The molecular formula is C26H31N7O4. The second-order valence-corrected chi connectivity index (χ2v) is 9.14. The van der Waals surface area contributed by atoms with Crippen molar-refractivity contribution in [3.8, 4) is 5.75 Å². The van der Waals surface area contributed by atoms with Crippen molar-refractivity contribution in [3.63, 3.8) is 0 Å². The van der Waals surface area contributed by atoms with Crippen LogP contribution in [0.2, 0.25) is 0 Å². The zero-order valence-electron chi connectivity index (χ0n) is 20.9. The maximum absolute atomic E-state index is 13.1. The van der Waals surface area contributed by atoms with Crippen molar-refractivity contribution in [1.29, 1.82) is 0 Å². The fourth-order valence-electron chi connectivity index (χ4n) is 5.08. The third kappa shape index (κ3) is 4.99. The number of hydrogen-bond acceptors (Lipinski definition) is 8. The zero-order chi connectivity index (χ0) is 25.8. The Bertz CT molecular complexity index is 1290. The molecule has 11 heteroatoms. The monoisotopic (exact) mass is 505 g/mol. The number of likely N-dealkylation sites (tertiary alicyclic amines) is 1. The maximum Gasteiger partial charge on any atom is 0.259 e. The Hall–Kier alpha value is -3.99. The molecule has 1 N–H and O–H groups in total. The van der Waals surface area contributed by atoms with Crippen LogP contribution in [0.25, 0.3) is 11.0 Å². The van der Waals surface area contributed by atoms with Gasteiger partial charge in [0.1, 0.15) is 18.0 Å². The predicted octanol–water partition coefficient (Wildman–Crippen LogP) is 2.66. The molecule has 2 aliphatic heterocycles. The van der Waals surface area contributed by atoms with Crippen molar-refractivity contribution in [3.05, 3.63) is 48.8 Å². The van der Waals surface area contributed by atoms with E-state index in [2.05, 4.69) is 31.6 Å². The lowest BCUT2D eigenvalue weighted by molar-refractivity contribution is -0.126. The Labute approximate surface area is 215 Å². The minimum absolute atomic E-state index is 0.100. The molecule has 0 spiro atoms. The molecular weight excluding hydrogens is 474 g/mol. The zero-order valence-corrected chi connectivity index (χ0v) is 20.9. The number of anilines is 2. The fraction of sp³-hybridized carbons (Fsp3) is 0.423. The molecule has 2 aliphatic rings. The minimum atomic E-state index is -0.333. The van der Waals surface area contributed by atoms with E-state index in [0.717, 1.165) is 41.7 Å². The lowest BCUT2D eigenvalue weighted by Gasteiger charge is -2.33. The van der Waals surface area contributed by atoms with Crippen molar-refractivity contribution >= 4 is 34.5 Å². The van der Waals surface area contributed by atoms with E-state index in [-0.39, 0.29) is 17.9 Å². The molecule has 1 atom stereocenters. The molecule has 0 unspecified atom stereocenters. The van der Waals surface area contributed by atoms with Gasteiger partial charge in [-0.2, -0.15) is 10.2 Å². The molecule has 3 aromatic rings. The summed E-state index contributed by atoms with van der Waals surface area (Å²) in [6, 6.07) is 5.33. The van der Waals surface area contributed by atoms with E-state index < -0.39 is 0 Å². The Morgan fingerprint density at radius 3 is 2.92 bits per heavy atom. The van der Waals surface area contributed by atoms with Crippen LogP contribution in [0, 0.1) is 0 Å². The Kier molecular flexibility index (Phi) is 7.31. The number of ether oxygens (including phenoxy) is 2. The third-order valence-corrected chi connectivity index (χ3v) is 6.86. The molecule has 1 saturated heterocycles. The topological polar surface area (TPSA) is 115 Å². The molecule has 0 saturated carbocycles. The number of methoxy groups -OCH3 is 1. The number of fused-ring (bicyclic) bond motifs is 3. The number of carbonyl (C=O) groups is 2. The normalized spacial score (nSPS) is 17.6. The van der Waals surface area contributed by atoms with Crippen LogP contribution in [-0.2, 0) is 9.53 Å². The fourth-order valence-corrected chi connectivity index (χ4v) is 5.08. The molecule has 194 valence electrons. The quantitative estimate of drug-likeness (QED) is 0.488. The van der Waals surface area contributed by atoms with E-state index in [1.54, 1.807) is 13.2 Å². The number of rotatable bonds is 7. The Morgan fingerprint density at radius 2 is 2.14 bits per heavy atom. The van der Waals surface area contributed by atoms with Crippen LogP contribution in [-0.4, -0.2) is 83.0 Å². The highest BCUT2D eigenvalue weighted by molar-refractivity contribution is 6.05. The molecule has 0 radical (unpaired) electrons. The Morgan fingerprint density at radius 1 is 1.24 bits per heavy atom. The van der Waals surface area contributed by atoms with Crippen LogP contribution >= 0.6 is 0 Å². The average molecular weight is 506 g/mol. The van der Waals surface area contributed by atoms with Gasteiger partial charge in [-0.05, 0) is 43.5 Å². The molecule has 1 aromatic carbocycles. The first-order valence-corrected chi connectivity index (χ1v) is 12.5. The first-order chi connectivity index (χ1) is 18.1. The van der Waals surface area contributed by atoms with Crippen molar-refractivity contribution in [2.24, 2.45) is 0 Å². The first kappa shape index (κ1) is 24.7. The summed E-state index contributed by atoms with van der Waals surface area (Å²) in [6.45, 7) is 7.35. The van der Waals surface area contributed by atoms with Gasteiger partial charge < -0.3 is 23.8 Å². The smallest absolute Gasteiger partial charge is 0.259 e. The van der Waals surface area contributed by atoms with Crippen LogP contribution < -0.4 is 15.0 Å². The van der Waals surface area contributed by atoms with Crippen molar-refractivity contribution in [2.45, 2.75) is 25.3 Å². The number of benzene rings is 1. The molecule has 1 fully saturated rings. The van der Waals surface area contributed by atoms with E-state index in [4.69, 9.17) is 14.5 Å². The number of aromatic nitrogens is 4. The lowest BCUT2D eigenvalue weighted by Crippen LogP contribution is -2.36. The number of hydrogen-bond donors (Lipinski definition) is 1. The van der Waals surface area contributed by atoms with E-state index in [0.29, 0.717) is 50.9 Å². The van der Waals surface area contributed by atoms with Gasteiger partial charge in [-0.3, -0.25) is 14.9 Å². The minimum Gasteiger partial charge on any atom is -0.489 e. The summed E-state index contributed by atoms with van der Waals surface area (Å²) in [5.41, 5.74) is 2.91. The van der Waals surface area contributed by atoms with Crippen molar-refractivity contribution in [2.75, 3.05) is 56.7 Å². The number of nitrogens with one attached hydrogen (secondary N) is 1. The molecule has 11 nitrogen and oxygen atoms in total. The average Bonchev–Trinajstić information content (AvgIpc) is 3.12. The number of carbonyl (C=O) groups excluding carboxylic acids is 2. The third-order valence-electron chi connectivity index (χ3n) is 6.86. The highest BCUT2D eigenvalue weighted by Gasteiger charge is 2.31. The van der Waals surface area contributed by atoms with E-state index in [1.807, 2.05) is 17.0 Å². The standard InChI is InChI=1S/C26H31N7O4/c1-3-22(34)32-11-5-4-6-19(17-32)33-23-20(29-26(33)30-25(35)18-9-10-27-28-16-18)7-8-21-24(23)31(12-14-36-2)13-15-37-21/h3,7-10,16,19H,1,4-6,11-15,17H2,2H3,(H,29,30,35)/t19-/m1/s1. The van der Waals surface area contributed by atoms with Crippen LogP contribution in [0.3, 0.4) is 0 Å². The van der Waals surface area contributed by atoms with Crippen LogP contribution in [0.5, 0.6) is 5.75 Å². The lowest BCUT2D eigenvalue weighted by atomic mass is 10.1. The number of imidazole rings is 1. The molecule has 4 heterocycles. The van der Waals surface area contributed by atoms with Gasteiger partial charge in [-0.15, -0.1) is 0 Å². The largest absolute Gasteiger partial charge is 0.489 e. The molecule has 37 heavy (non-hydrogen) atoms. The summed E-state index contributed by atoms with van der Waals surface area (Å²) in [4.78, 5) is 34.7. The maximum atomic E-state index is 13.1. The van der Waals surface area contributed by atoms with Gasteiger partial charge in [-0.1, -0.05) is 6.58 Å². The SMILES string of the molecule is C=CC(=O)N1CCCC[C@@H](n2c(NC(=O)c3ccnnc3)nc3ccc4c(c32)N(CCOC)CCO4)C1. The van der Waals surface area contributed by atoms with E-state index in [1.165, 1.54) is 18.5 Å². The Balaban J connectivity index is 1.65. The predicted molar refractivity (Wildman–Crippen MR) is 139 cm³/mol. The number of amides is 2. The van der Waals surface area contributed by atoms with Gasteiger partial charge in [0.2, 0.25) is 11.9 Å². The molecule has 0 bridgehead atoms. The van der Waals surface area contributed by atoms with Crippen molar-refractivity contribution in [1.82, 2.24) is 24.6 Å². The van der Waals surface area contributed by atoms with Gasteiger partial charge in [0.15, 0.2) is 0 Å². The van der Waals surface area contributed by atoms with E-state index in [9.17, 15) is 9.59 Å². The van der Waals surface area contributed by atoms with Gasteiger partial charge in [0.05, 0.1) is 48.2 Å². The van der Waals surface area contributed by atoms with Crippen LogP contribution in [0.4, 0.5) is 11.6 Å². The van der Waals surface area contributed by atoms with Crippen LogP contribution in [0.1, 0.15) is 35.7 Å². The van der Waals surface area contributed by atoms with E-state index >= 15 is 0 Å². The molecule has 5 rings (SSSR count). The second kappa shape index (κ2) is 11.0. The van der Waals surface area contributed by atoms with Gasteiger partial charge in [-0.25, -0.2) is 4.98 Å². The summed E-state index contributed by atoms with van der Waals surface area (Å²) >= 11 is 0. The van der Waals surface area contributed by atoms with Crippen LogP contribution in [0.15, 0.2) is 43.2 Å². The molecule has 0 aliphatic carbocycles. The summed E-state index contributed by atoms with van der Waals surface area (Å²) in [5, 5.41) is 10.6. The first-order valence-electron chi connectivity index (χ1n) is 12.5. The highest BCUT2D eigenvalue weighted by Crippen LogP contribution is 2.42. The van der Waals surface area contributed by atoms with Gasteiger partial charge >= 0.3 is 0 Å². The summed E-state index contributed by atoms with van der Waals surface area (Å²) < 4.78 is 13.5.